The highest BCUT2D eigenvalue weighted by molar-refractivity contribution is 6.32. The number of rotatable bonds is 6. The third-order valence-electron chi connectivity index (χ3n) is 5.09. The molecule has 8 nitrogen and oxygen atoms in total. The van der Waals surface area contributed by atoms with Crippen LogP contribution < -0.4 is 15.6 Å². The first-order valence-electron chi connectivity index (χ1n) is 9.83. The Kier molecular flexibility index (Phi) is 5.98. The van der Waals surface area contributed by atoms with Crippen LogP contribution in [0.5, 0.6) is 5.75 Å². The van der Waals surface area contributed by atoms with Crippen molar-refractivity contribution < 1.29 is 14.6 Å². The summed E-state index contributed by atoms with van der Waals surface area (Å²) in [6.07, 6.45) is 3.08. The van der Waals surface area contributed by atoms with Crippen LogP contribution in [0.2, 0.25) is 5.02 Å². The second kappa shape index (κ2) is 8.86. The van der Waals surface area contributed by atoms with Gasteiger partial charge in [-0.3, -0.25) is 9.59 Å². The number of aliphatic hydroxyl groups excluding tert-OH is 1. The molecule has 2 N–H and O–H groups in total. The molecule has 0 fully saturated rings. The fraction of sp³-hybridized carbons (Fsp3) is 0.174. The molecular formula is C23H21ClN4O4. The number of carbonyl (C=O) groups excluding carboxylic acids is 1. The van der Waals surface area contributed by atoms with Gasteiger partial charge in [-0.2, -0.15) is 5.10 Å². The number of ether oxygens (including phenoxy) is 1. The number of hydrogen-bond acceptors (Lipinski definition) is 5. The minimum absolute atomic E-state index is 0.213. The number of benzene rings is 2. The van der Waals surface area contributed by atoms with Gasteiger partial charge in [0, 0.05) is 29.2 Å². The Bertz CT molecular complexity index is 1360. The van der Waals surface area contributed by atoms with Gasteiger partial charge in [-0.25, -0.2) is 4.52 Å². The molecule has 0 radical (unpaired) electrons. The first kappa shape index (κ1) is 21.6. The molecule has 4 rings (SSSR count). The van der Waals surface area contributed by atoms with Crippen molar-refractivity contribution >= 4 is 28.7 Å². The Morgan fingerprint density at radius 3 is 2.59 bits per heavy atom. The Morgan fingerprint density at radius 1 is 1.19 bits per heavy atom. The molecule has 164 valence electrons. The monoisotopic (exact) mass is 452 g/mol. The van der Waals surface area contributed by atoms with Crippen LogP contribution in [0.15, 0.2) is 59.7 Å². The third kappa shape index (κ3) is 4.10. The number of amides is 1. The molecular weight excluding hydrogens is 432 g/mol. The summed E-state index contributed by atoms with van der Waals surface area (Å²) in [5, 5.41) is 17.5. The summed E-state index contributed by atoms with van der Waals surface area (Å²) in [5.74, 6) is 0.0921. The molecule has 0 aliphatic rings. The van der Waals surface area contributed by atoms with Crippen molar-refractivity contribution in [3.05, 3.63) is 81.4 Å². The molecule has 0 bridgehead atoms. The predicted octanol–water partition coefficient (Wildman–Crippen LogP) is 3.26. The topological polar surface area (TPSA) is 97.9 Å². The molecule has 2 heterocycles. The number of nitrogens with zero attached hydrogens (tertiary/aromatic N) is 3. The van der Waals surface area contributed by atoms with Crippen LogP contribution >= 0.6 is 11.6 Å². The van der Waals surface area contributed by atoms with E-state index in [2.05, 4.69) is 10.4 Å². The van der Waals surface area contributed by atoms with E-state index >= 15 is 0 Å². The third-order valence-corrected chi connectivity index (χ3v) is 5.39. The number of hydrogen-bond donors (Lipinski definition) is 2. The number of anilines is 1. The summed E-state index contributed by atoms with van der Waals surface area (Å²) >= 11 is 6.09. The normalized spacial score (nSPS) is 11.0. The van der Waals surface area contributed by atoms with Gasteiger partial charge in [-0.1, -0.05) is 41.4 Å². The number of methoxy groups -OCH3 is 1. The molecule has 2 aromatic heterocycles. The fourth-order valence-corrected chi connectivity index (χ4v) is 3.73. The van der Waals surface area contributed by atoms with Crippen molar-refractivity contribution in [1.29, 1.82) is 0 Å². The van der Waals surface area contributed by atoms with E-state index in [0.29, 0.717) is 27.7 Å². The summed E-state index contributed by atoms with van der Waals surface area (Å²) in [6, 6.07) is 12.5. The molecule has 0 unspecified atom stereocenters. The summed E-state index contributed by atoms with van der Waals surface area (Å²) in [5.41, 5.74) is 3.11. The van der Waals surface area contributed by atoms with Crippen molar-refractivity contribution in [3.8, 4) is 17.0 Å². The van der Waals surface area contributed by atoms with Gasteiger partial charge in [0.2, 0.25) is 5.91 Å². The lowest BCUT2D eigenvalue weighted by Gasteiger charge is -2.09. The van der Waals surface area contributed by atoms with Gasteiger partial charge in [-0.05, 0) is 25.1 Å². The van der Waals surface area contributed by atoms with Gasteiger partial charge in [0.15, 0.2) is 0 Å². The minimum Gasteiger partial charge on any atom is -0.495 e. The van der Waals surface area contributed by atoms with E-state index in [0.717, 1.165) is 11.1 Å². The second-order valence-electron chi connectivity index (χ2n) is 7.27. The van der Waals surface area contributed by atoms with Gasteiger partial charge in [0.25, 0.3) is 5.56 Å². The molecule has 0 saturated heterocycles. The molecule has 0 aliphatic carbocycles. The molecule has 9 heteroatoms. The lowest BCUT2D eigenvalue weighted by molar-refractivity contribution is -0.116. The minimum atomic E-state index is -0.426. The number of aliphatic hydroxyl groups is 1. The predicted molar refractivity (Wildman–Crippen MR) is 122 cm³/mol. The standard InChI is InChI=1S/C23H21ClN4O4/c1-14-3-5-15(6-4-14)21-17(13-29)22-23(31)27(9-10-28(22)26-21)12-20(30)25-16-7-8-19(32-2)18(24)11-16/h3-11,29H,12-13H2,1-2H3,(H,25,30). The summed E-state index contributed by atoms with van der Waals surface area (Å²) in [4.78, 5) is 25.6. The molecule has 4 aromatic rings. The molecule has 0 atom stereocenters. The van der Waals surface area contributed by atoms with E-state index in [1.165, 1.54) is 22.4 Å². The van der Waals surface area contributed by atoms with Crippen LogP contribution in [0.3, 0.4) is 0 Å². The van der Waals surface area contributed by atoms with Crippen LogP contribution in [-0.4, -0.2) is 32.3 Å². The Labute approximate surface area is 188 Å². The molecule has 2 aromatic carbocycles. The van der Waals surface area contributed by atoms with Gasteiger partial charge < -0.3 is 19.7 Å². The second-order valence-corrected chi connectivity index (χ2v) is 7.68. The maximum atomic E-state index is 13.1. The van der Waals surface area contributed by atoms with E-state index in [4.69, 9.17) is 16.3 Å². The van der Waals surface area contributed by atoms with E-state index in [9.17, 15) is 14.7 Å². The van der Waals surface area contributed by atoms with Crippen molar-refractivity contribution in [3.63, 3.8) is 0 Å². The smallest absolute Gasteiger partial charge is 0.277 e. The Morgan fingerprint density at radius 2 is 1.94 bits per heavy atom. The molecule has 0 aliphatic heterocycles. The van der Waals surface area contributed by atoms with E-state index in [-0.39, 0.29) is 18.7 Å². The average molecular weight is 453 g/mol. The number of fused-ring (bicyclic) bond motifs is 1. The lowest BCUT2D eigenvalue weighted by Crippen LogP contribution is -2.28. The fourth-order valence-electron chi connectivity index (χ4n) is 3.47. The SMILES string of the molecule is COc1ccc(NC(=O)Cn2ccn3nc(-c4ccc(C)cc4)c(CO)c3c2=O)cc1Cl. The van der Waals surface area contributed by atoms with Gasteiger partial charge in [0.1, 0.15) is 17.8 Å². The van der Waals surface area contributed by atoms with Crippen molar-refractivity contribution in [2.45, 2.75) is 20.1 Å². The summed E-state index contributed by atoms with van der Waals surface area (Å²) in [7, 11) is 1.50. The van der Waals surface area contributed by atoms with Crippen LogP contribution in [0.4, 0.5) is 5.69 Å². The number of nitrogens with one attached hydrogen (secondary N) is 1. The quantitative estimate of drug-likeness (QED) is 0.468. The number of aromatic nitrogens is 3. The molecule has 1 amide bonds. The Hall–Kier alpha value is -3.62. The van der Waals surface area contributed by atoms with Gasteiger partial charge in [0.05, 0.1) is 24.4 Å². The van der Waals surface area contributed by atoms with E-state index in [1.54, 1.807) is 24.4 Å². The van der Waals surface area contributed by atoms with E-state index in [1.807, 2.05) is 31.2 Å². The number of aryl methyl sites for hydroxylation is 1. The summed E-state index contributed by atoms with van der Waals surface area (Å²) < 4.78 is 7.80. The lowest BCUT2D eigenvalue weighted by atomic mass is 10.1. The zero-order chi connectivity index (χ0) is 22.8. The maximum absolute atomic E-state index is 13.1. The molecule has 0 spiro atoms. The van der Waals surface area contributed by atoms with Crippen LogP contribution in [-0.2, 0) is 17.9 Å². The van der Waals surface area contributed by atoms with E-state index < -0.39 is 11.5 Å². The van der Waals surface area contributed by atoms with Gasteiger partial charge >= 0.3 is 0 Å². The van der Waals surface area contributed by atoms with Crippen LogP contribution in [0.1, 0.15) is 11.1 Å². The largest absolute Gasteiger partial charge is 0.495 e. The highest BCUT2D eigenvalue weighted by Gasteiger charge is 2.18. The van der Waals surface area contributed by atoms with Crippen molar-refractivity contribution in [1.82, 2.24) is 14.2 Å². The number of carbonyl (C=O) groups is 1. The zero-order valence-corrected chi connectivity index (χ0v) is 18.3. The molecule has 32 heavy (non-hydrogen) atoms. The number of halogens is 1. The van der Waals surface area contributed by atoms with Crippen LogP contribution in [0.25, 0.3) is 16.8 Å². The zero-order valence-electron chi connectivity index (χ0n) is 17.5. The first-order valence-corrected chi connectivity index (χ1v) is 10.2. The molecule has 0 saturated carbocycles. The first-order chi connectivity index (χ1) is 15.4. The Balaban J connectivity index is 1.64. The maximum Gasteiger partial charge on any atom is 0.277 e. The highest BCUT2D eigenvalue weighted by atomic mass is 35.5. The van der Waals surface area contributed by atoms with Gasteiger partial charge in [-0.15, -0.1) is 0 Å². The highest BCUT2D eigenvalue weighted by Crippen LogP contribution is 2.27. The van der Waals surface area contributed by atoms with Crippen LogP contribution in [0, 0.1) is 6.92 Å². The van der Waals surface area contributed by atoms with Crippen molar-refractivity contribution in [2.24, 2.45) is 0 Å². The van der Waals surface area contributed by atoms with Crippen molar-refractivity contribution in [2.75, 3.05) is 12.4 Å². The summed E-state index contributed by atoms with van der Waals surface area (Å²) in [6.45, 7) is 1.40. The average Bonchev–Trinajstić information content (AvgIpc) is 3.16.